The van der Waals surface area contributed by atoms with E-state index in [1.165, 1.54) is 0 Å². The van der Waals surface area contributed by atoms with E-state index in [-0.39, 0.29) is 17.4 Å². The molecule has 0 aromatic heterocycles. The Morgan fingerprint density at radius 3 is 2.30 bits per heavy atom. The van der Waals surface area contributed by atoms with Crippen LogP contribution in [0.5, 0.6) is 0 Å². The molecule has 0 aromatic rings. The standard InChI is InChI=1S/C4H6B3N3/c1-2(5)9-4(7)10-3(6)8/h2H,1H3,(H2,8,9,10). The molecule has 0 amide bonds. The summed E-state index contributed by atoms with van der Waals surface area (Å²) in [5.41, 5.74) is 4.87. The average Bonchev–Trinajstić information content (AvgIpc) is 1.58. The summed E-state index contributed by atoms with van der Waals surface area (Å²) in [5, 5.41) is 0. The summed E-state index contributed by atoms with van der Waals surface area (Å²) in [6.07, 6.45) is 0. The normalized spacial score (nSPS) is 16.9. The van der Waals surface area contributed by atoms with Gasteiger partial charge in [0.15, 0.2) is 15.7 Å². The molecule has 6 radical (unpaired) electrons. The molecular formula is C4H6B3N3. The summed E-state index contributed by atoms with van der Waals surface area (Å²) >= 11 is 0. The van der Waals surface area contributed by atoms with Crippen molar-refractivity contribution < 1.29 is 0 Å². The van der Waals surface area contributed by atoms with E-state index >= 15 is 0 Å². The summed E-state index contributed by atoms with van der Waals surface area (Å²) in [7, 11) is 15.4. The molecule has 0 saturated heterocycles. The number of amidine groups is 2. The highest BCUT2D eigenvalue weighted by Gasteiger charge is 1.88. The maximum Gasteiger partial charge on any atom is 0.169 e. The Bertz CT molecular complexity index is 159. The molecule has 1 unspecified atom stereocenters. The highest BCUT2D eigenvalue weighted by atomic mass is 14.9. The lowest BCUT2D eigenvalue weighted by Crippen LogP contribution is -2.14. The van der Waals surface area contributed by atoms with Crippen LogP contribution in [0.25, 0.3) is 0 Å². The smallest absolute Gasteiger partial charge is 0.169 e. The number of hydrogen-bond donors (Lipinski definition) is 1. The Morgan fingerprint density at radius 1 is 1.50 bits per heavy atom. The van der Waals surface area contributed by atoms with Crippen LogP contribution in [0.2, 0.25) is 0 Å². The van der Waals surface area contributed by atoms with Crippen molar-refractivity contribution in [3.05, 3.63) is 0 Å². The van der Waals surface area contributed by atoms with E-state index in [0.717, 1.165) is 0 Å². The molecule has 0 heterocycles. The lowest BCUT2D eigenvalue weighted by atomic mass is 9.98. The van der Waals surface area contributed by atoms with Crippen LogP contribution >= 0.6 is 0 Å². The van der Waals surface area contributed by atoms with Crippen LogP contribution in [0.1, 0.15) is 6.92 Å². The maximum absolute atomic E-state index is 5.25. The van der Waals surface area contributed by atoms with Gasteiger partial charge in [-0.1, -0.05) is 6.92 Å². The number of nitrogens with two attached hydrogens (primary N) is 1. The Kier molecular flexibility index (Phi) is 3.92. The molecule has 0 aromatic carbocycles. The fourth-order valence-corrected chi connectivity index (χ4v) is 0.370. The Labute approximate surface area is 64.4 Å². The summed E-state index contributed by atoms with van der Waals surface area (Å²) in [5.74, 6) is -0.386. The first kappa shape index (κ1) is 9.33. The summed E-state index contributed by atoms with van der Waals surface area (Å²) in [4.78, 5) is 7.08. The molecule has 0 bridgehead atoms. The van der Waals surface area contributed by atoms with E-state index in [1.807, 2.05) is 0 Å². The Morgan fingerprint density at radius 2 is 2.00 bits per heavy atom. The zero-order valence-corrected chi connectivity index (χ0v) is 5.78. The number of nitrogens with zero attached hydrogens (tertiary/aromatic N) is 2. The van der Waals surface area contributed by atoms with Crippen molar-refractivity contribution in [2.45, 2.75) is 12.9 Å². The van der Waals surface area contributed by atoms with Crippen LogP contribution in [0.15, 0.2) is 9.98 Å². The van der Waals surface area contributed by atoms with Gasteiger partial charge in [0, 0.05) is 11.7 Å². The number of aliphatic imine (C=N–C) groups is 2. The van der Waals surface area contributed by atoms with E-state index in [1.54, 1.807) is 6.92 Å². The minimum absolute atomic E-state index is 0.00463. The van der Waals surface area contributed by atoms with E-state index in [0.29, 0.717) is 0 Å². The first-order chi connectivity index (χ1) is 4.52. The van der Waals surface area contributed by atoms with Crippen molar-refractivity contribution in [3.8, 4) is 0 Å². The van der Waals surface area contributed by atoms with Crippen LogP contribution in [0, 0.1) is 0 Å². The molecule has 6 heteroatoms. The molecular weight excluding hydrogens is 123 g/mol. The third-order valence-corrected chi connectivity index (χ3v) is 0.580. The minimum atomic E-state index is -0.386. The van der Waals surface area contributed by atoms with Gasteiger partial charge >= 0.3 is 0 Å². The second-order valence-electron chi connectivity index (χ2n) is 1.76. The zero-order valence-electron chi connectivity index (χ0n) is 5.78. The highest BCUT2D eigenvalue weighted by molar-refractivity contribution is 6.65. The SMILES string of the molecule is [B]C(N)=NC([B])=NC([B])C. The predicted molar refractivity (Wildman–Crippen MR) is 45.8 cm³/mol. The molecule has 46 valence electrons. The van der Waals surface area contributed by atoms with Crippen LogP contribution in [0.3, 0.4) is 0 Å². The molecule has 3 nitrogen and oxygen atoms in total. The molecule has 0 saturated carbocycles. The van der Waals surface area contributed by atoms with E-state index in [9.17, 15) is 0 Å². The van der Waals surface area contributed by atoms with Crippen molar-refractivity contribution in [1.29, 1.82) is 0 Å². The molecule has 10 heavy (non-hydrogen) atoms. The fraction of sp³-hybridized carbons (Fsp3) is 0.500. The highest BCUT2D eigenvalue weighted by Crippen LogP contribution is 1.82. The molecule has 1 atom stereocenters. The van der Waals surface area contributed by atoms with Crippen molar-refractivity contribution >= 4 is 35.0 Å². The Balaban J connectivity index is 4.08. The van der Waals surface area contributed by atoms with Crippen LogP contribution in [-0.4, -0.2) is 40.9 Å². The first-order valence-electron chi connectivity index (χ1n) is 2.71. The van der Waals surface area contributed by atoms with E-state index < -0.39 is 0 Å². The zero-order chi connectivity index (χ0) is 8.15. The number of rotatable bonds is 1. The number of hydrogen-bond acceptors (Lipinski definition) is 1. The van der Waals surface area contributed by atoms with Gasteiger partial charge in [-0.15, -0.1) is 0 Å². The molecule has 0 aliphatic rings. The van der Waals surface area contributed by atoms with Gasteiger partial charge < -0.3 is 5.73 Å². The fourth-order valence-electron chi connectivity index (χ4n) is 0.370. The lowest BCUT2D eigenvalue weighted by molar-refractivity contribution is 1.03. The van der Waals surface area contributed by atoms with Gasteiger partial charge in [-0.2, -0.15) is 0 Å². The maximum atomic E-state index is 5.25. The topological polar surface area (TPSA) is 50.7 Å². The Hall–Kier alpha value is -0.665. The van der Waals surface area contributed by atoms with Crippen molar-refractivity contribution in [1.82, 2.24) is 0 Å². The second-order valence-corrected chi connectivity index (χ2v) is 1.76. The molecule has 0 fully saturated rings. The van der Waals surface area contributed by atoms with Gasteiger partial charge in [-0.05, 0) is 0 Å². The summed E-state index contributed by atoms with van der Waals surface area (Å²) < 4.78 is 0. The molecule has 0 spiro atoms. The van der Waals surface area contributed by atoms with Gasteiger partial charge in [-0.3, -0.25) is 4.99 Å². The summed E-state index contributed by atoms with van der Waals surface area (Å²) in [6, 6.07) is 0. The average molecular weight is 129 g/mol. The largest absolute Gasteiger partial charge is 0.396 e. The van der Waals surface area contributed by atoms with Crippen LogP contribution < -0.4 is 5.73 Å². The predicted octanol–water partition coefficient (Wildman–Crippen LogP) is -1.49. The van der Waals surface area contributed by atoms with E-state index in [2.05, 4.69) is 9.98 Å². The van der Waals surface area contributed by atoms with Gasteiger partial charge in [0.1, 0.15) is 7.85 Å². The monoisotopic (exact) mass is 129 g/mol. The second kappa shape index (κ2) is 4.20. The third kappa shape index (κ3) is 5.47. The first-order valence-corrected chi connectivity index (χ1v) is 2.71. The minimum Gasteiger partial charge on any atom is -0.396 e. The van der Waals surface area contributed by atoms with Crippen molar-refractivity contribution in [2.75, 3.05) is 0 Å². The van der Waals surface area contributed by atoms with Crippen LogP contribution in [0.4, 0.5) is 0 Å². The van der Waals surface area contributed by atoms with Gasteiger partial charge in [0.25, 0.3) is 0 Å². The molecule has 0 aliphatic heterocycles. The lowest BCUT2D eigenvalue weighted by Gasteiger charge is -1.98. The van der Waals surface area contributed by atoms with Crippen LogP contribution in [-0.2, 0) is 0 Å². The quantitative estimate of drug-likeness (QED) is 0.261. The molecule has 0 rings (SSSR count). The van der Waals surface area contributed by atoms with Gasteiger partial charge in [-0.25, -0.2) is 4.99 Å². The van der Waals surface area contributed by atoms with Gasteiger partial charge in [0.05, 0.1) is 5.73 Å². The van der Waals surface area contributed by atoms with E-state index in [4.69, 9.17) is 29.3 Å². The van der Waals surface area contributed by atoms with Crippen molar-refractivity contribution in [3.63, 3.8) is 0 Å². The van der Waals surface area contributed by atoms with Crippen molar-refractivity contribution in [2.24, 2.45) is 15.7 Å². The molecule has 0 aliphatic carbocycles. The van der Waals surface area contributed by atoms with Gasteiger partial charge in [0.2, 0.25) is 0 Å². The molecule has 2 N–H and O–H groups in total. The third-order valence-electron chi connectivity index (χ3n) is 0.580. The summed E-state index contributed by atoms with van der Waals surface area (Å²) in [6.45, 7) is 1.66.